The fourth-order valence-electron chi connectivity index (χ4n) is 2.09. The third-order valence-corrected chi connectivity index (χ3v) is 4.43. The van der Waals surface area contributed by atoms with Crippen LogP contribution >= 0.6 is 0 Å². The summed E-state index contributed by atoms with van der Waals surface area (Å²) in [5, 5.41) is 13.4. The topological polar surface area (TPSA) is 50.7 Å². The smallest absolute Gasteiger partial charge is 0.330 e. The van der Waals surface area contributed by atoms with Crippen molar-refractivity contribution in [2.75, 3.05) is 13.1 Å². The van der Waals surface area contributed by atoms with Gasteiger partial charge in [0.25, 0.3) is 0 Å². The van der Waals surface area contributed by atoms with Gasteiger partial charge in [-0.2, -0.15) is 0 Å². The van der Waals surface area contributed by atoms with Crippen LogP contribution in [-0.4, -0.2) is 43.0 Å². The summed E-state index contributed by atoms with van der Waals surface area (Å²) in [5.74, 6) is 0.894. The Morgan fingerprint density at radius 2 is 1.68 bits per heavy atom. The lowest BCUT2D eigenvalue weighted by atomic mass is 9.82. The Kier molecular flexibility index (Phi) is 5.53. The van der Waals surface area contributed by atoms with Crippen molar-refractivity contribution in [2.45, 2.75) is 57.8 Å². The molecule has 1 fully saturated rings. The van der Waals surface area contributed by atoms with Gasteiger partial charge in [-0.3, -0.25) is 0 Å². The van der Waals surface area contributed by atoms with E-state index in [0.29, 0.717) is 6.10 Å². The van der Waals surface area contributed by atoms with E-state index in [1.807, 2.05) is 38.1 Å². The molecule has 2 N–H and O–H groups in total. The van der Waals surface area contributed by atoms with Gasteiger partial charge in [0, 0.05) is 0 Å². The minimum atomic E-state index is -0.915. The zero-order chi connectivity index (χ0) is 16.2. The molecular formula is C17H27BNO3. The van der Waals surface area contributed by atoms with Crippen molar-refractivity contribution >= 4 is 12.9 Å². The zero-order valence-corrected chi connectivity index (χ0v) is 14.1. The maximum Gasteiger partial charge on any atom is 0.330 e. The van der Waals surface area contributed by atoms with Gasteiger partial charge >= 0.3 is 7.48 Å². The number of hydrogen-bond acceptors (Lipinski definition) is 4. The molecule has 5 heteroatoms. The van der Waals surface area contributed by atoms with E-state index in [0.717, 1.165) is 37.1 Å². The molecule has 0 aliphatic carbocycles. The lowest BCUT2D eigenvalue weighted by Crippen LogP contribution is -2.49. The van der Waals surface area contributed by atoms with E-state index in [9.17, 15) is 5.11 Å². The van der Waals surface area contributed by atoms with E-state index >= 15 is 0 Å². The number of aliphatic hydroxyl groups is 1. The van der Waals surface area contributed by atoms with Gasteiger partial charge in [-0.05, 0) is 65.8 Å². The van der Waals surface area contributed by atoms with Gasteiger partial charge in [0.05, 0.1) is 11.2 Å². The first-order chi connectivity index (χ1) is 10.3. The number of rotatable bonds is 6. The SMILES string of the molecule is CC(C)(O)C(C)(C)O[B]c1ccc(OC2CCNCC2)cc1. The van der Waals surface area contributed by atoms with Crippen LogP contribution in [0.3, 0.4) is 0 Å². The average molecular weight is 304 g/mol. The Morgan fingerprint density at radius 3 is 2.23 bits per heavy atom. The first kappa shape index (κ1) is 17.3. The predicted molar refractivity (Wildman–Crippen MR) is 89.8 cm³/mol. The Labute approximate surface area is 134 Å². The van der Waals surface area contributed by atoms with E-state index in [4.69, 9.17) is 9.39 Å². The van der Waals surface area contributed by atoms with E-state index in [1.165, 1.54) is 0 Å². The summed E-state index contributed by atoms with van der Waals surface area (Å²) in [6, 6.07) is 7.87. The highest BCUT2D eigenvalue weighted by Gasteiger charge is 2.35. The zero-order valence-electron chi connectivity index (χ0n) is 14.1. The Balaban J connectivity index is 1.86. The van der Waals surface area contributed by atoms with Crippen molar-refractivity contribution in [3.05, 3.63) is 24.3 Å². The summed E-state index contributed by atoms with van der Waals surface area (Å²) in [6.07, 6.45) is 2.41. The van der Waals surface area contributed by atoms with Crippen LogP contribution < -0.4 is 15.5 Å². The molecule has 0 atom stereocenters. The highest BCUT2D eigenvalue weighted by atomic mass is 16.5. The van der Waals surface area contributed by atoms with Crippen LogP contribution in [0.5, 0.6) is 5.75 Å². The Bertz CT molecular complexity index is 462. The van der Waals surface area contributed by atoms with Crippen LogP contribution in [0.1, 0.15) is 40.5 Å². The molecule has 1 aromatic rings. The fraction of sp³-hybridized carbons (Fsp3) is 0.647. The monoisotopic (exact) mass is 304 g/mol. The molecule has 0 saturated carbocycles. The van der Waals surface area contributed by atoms with E-state index < -0.39 is 11.2 Å². The van der Waals surface area contributed by atoms with Gasteiger partial charge < -0.3 is 19.8 Å². The van der Waals surface area contributed by atoms with E-state index in [-0.39, 0.29) is 0 Å². The molecule has 0 amide bonds. The lowest BCUT2D eigenvalue weighted by Gasteiger charge is -2.37. The molecule has 0 spiro atoms. The molecule has 0 aromatic heterocycles. The molecule has 121 valence electrons. The summed E-state index contributed by atoms with van der Waals surface area (Å²) in [7, 11) is 1.69. The first-order valence-corrected chi connectivity index (χ1v) is 7.99. The van der Waals surface area contributed by atoms with Crippen LogP contribution in [0.2, 0.25) is 0 Å². The van der Waals surface area contributed by atoms with Gasteiger partial charge in [0.1, 0.15) is 11.9 Å². The third-order valence-electron chi connectivity index (χ3n) is 4.43. The molecule has 1 radical (unpaired) electrons. The molecule has 0 unspecified atom stereocenters. The molecule has 1 heterocycles. The van der Waals surface area contributed by atoms with Crippen molar-refractivity contribution in [2.24, 2.45) is 0 Å². The van der Waals surface area contributed by atoms with E-state index in [2.05, 4.69) is 5.32 Å². The normalized spacial score (nSPS) is 17.3. The van der Waals surface area contributed by atoms with Crippen molar-refractivity contribution in [1.29, 1.82) is 0 Å². The van der Waals surface area contributed by atoms with Crippen LogP contribution in [0.4, 0.5) is 0 Å². The molecule has 1 saturated heterocycles. The summed E-state index contributed by atoms with van der Waals surface area (Å²) in [4.78, 5) is 0. The predicted octanol–water partition coefficient (Wildman–Crippen LogP) is 1.63. The van der Waals surface area contributed by atoms with Gasteiger partial charge in [0.2, 0.25) is 0 Å². The number of hydrogen-bond donors (Lipinski definition) is 2. The second-order valence-electron chi connectivity index (χ2n) is 6.94. The highest BCUT2D eigenvalue weighted by Crippen LogP contribution is 2.24. The average Bonchev–Trinajstić information content (AvgIpc) is 2.46. The molecule has 22 heavy (non-hydrogen) atoms. The molecule has 2 rings (SSSR count). The van der Waals surface area contributed by atoms with Crippen molar-refractivity contribution in [3.63, 3.8) is 0 Å². The number of nitrogens with one attached hydrogen (secondary N) is 1. The second kappa shape index (κ2) is 7.03. The minimum Gasteiger partial charge on any atom is -0.490 e. The molecule has 0 bridgehead atoms. The van der Waals surface area contributed by atoms with E-state index in [1.54, 1.807) is 21.3 Å². The number of piperidine rings is 1. The van der Waals surface area contributed by atoms with Gasteiger partial charge in [-0.25, -0.2) is 0 Å². The van der Waals surface area contributed by atoms with Crippen LogP contribution in [-0.2, 0) is 4.65 Å². The summed E-state index contributed by atoms with van der Waals surface area (Å²) in [6.45, 7) is 9.29. The Hall–Kier alpha value is -1.04. The molecule has 1 aliphatic rings. The fourth-order valence-corrected chi connectivity index (χ4v) is 2.09. The molecule has 4 nitrogen and oxygen atoms in total. The number of ether oxygens (including phenoxy) is 1. The summed E-state index contributed by atoms with van der Waals surface area (Å²) < 4.78 is 11.7. The third kappa shape index (κ3) is 4.73. The summed E-state index contributed by atoms with van der Waals surface area (Å²) >= 11 is 0. The standard InChI is InChI=1S/C17H27BNO3/c1-16(2,20)17(3,4)22-18-13-5-7-14(8-6-13)21-15-9-11-19-12-10-15/h5-8,15,19-20H,9-12H2,1-4H3. The van der Waals surface area contributed by atoms with Crippen molar-refractivity contribution in [3.8, 4) is 5.75 Å². The van der Waals surface area contributed by atoms with Crippen molar-refractivity contribution < 1.29 is 14.5 Å². The molecule has 1 aliphatic heterocycles. The maximum absolute atomic E-state index is 10.1. The quantitative estimate of drug-likeness (QED) is 0.784. The summed E-state index contributed by atoms with van der Waals surface area (Å²) in [5.41, 5.74) is -0.617. The van der Waals surface area contributed by atoms with Crippen LogP contribution in [0, 0.1) is 0 Å². The number of benzene rings is 1. The molecule has 1 aromatic carbocycles. The molecular weight excluding hydrogens is 277 g/mol. The van der Waals surface area contributed by atoms with Gasteiger partial charge in [0.15, 0.2) is 0 Å². The Morgan fingerprint density at radius 1 is 1.09 bits per heavy atom. The van der Waals surface area contributed by atoms with Gasteiger partial charge in [-0.15, -0.1) is 0 Å². The lowest BCUT2D eigenvalue weighted by molar-refractivity contribution is -0.0893. The van der Waals surface area contributed by atoms with Gasteiger partial charge in [-0.1, -0.05) is 17.6 Å². The highest BCUT2D eigenvalue weighted by molar-refractivity contribution is 6.47. The first-order valence-electron chi connectivity index (χ1n) is 7.99. The largest absolute Gasteiger partial charge is 0.490 e. The maximum atomic E-state index is 10.1. The van der Waals surface area contributed by atoms with Crippen LogP contribution in [0.15, 0.2) is 24.3 Å². The van der Waals surface area contributed by atoms with Crippen LogP contribution in [0.25, 0.3) is 0 Å². The minimum absolute atomic E-state index is 0.307. The second-order valence-corrected chi connectivity index (χ2v) is 6.94. The van der Waals surface area contributed by atoms with Crippen molar-refractivity contribution in [1.82, 2.24) is 5.32 Å².